The van der Waals surface area contributed by atoms with Crippen molar-refractivity contribution in [2.45, 2.75) is 12.5 Å². The predicted octanol–water partition coefficient (Wildman–Crippen LogP) is -0.836. The summed E-state index contributed by atoms with van der Waals surface area (Å²) in [5, 5.41) is 40.1. The number of aliphatic hydroxyl groups is 1. The molecule has 1 aromatic heterocycles. The lowest BCUT2D eigenvalue weighted by atomic mass is 10.3. The van der Waals surface area contributed by atoms with Crippen LogP contribution in [-0.4, -0.2) is 61.7 Å². The maximum Gasteiger partial charge on any atom is 0.373 e. The molecule has 27 heavy (non-hydrogen) atoms. The first kappa shape index (κ1) is 27.7. The first-order valence-corrected chi connectivity index (χ1v) is 6.22. The molecular weight excluding hydrogens is 376 g/mol. The van der Waals surface area contributed by atoms with Crippen molar-refractivity contribution in [1.82, 2.24) is 0 Å². The number of carboxylic acid groups (broad SMARTS) is 4. The van der Waals surface area contributed by atoms with E-state index in [4.69, 9.17) is 35.1 Å². The van der Waals surface area contributed by atoms with Gasteiger partial charge in [0, 0.05) is 13.6 Å². The van der Waals surface area contributed by atoms with Crippen molar-refractivity contribution in [3.63, 3.8) is 0 Å². The SMILES string of the molecule is C=CC(=O)O.O=C(O)CC(O)C(=O)O.O=C(O)c1ccc(=O)oc1.O=C=O.[2HH]. The number of rotatable bonds is 5. The summed E-state index contributed by atoms with van der Waals surface area (Å²) in [6.07, 6.45) is -0.553. The molecular formula is C14H16O13. The van der Waals surface area contributed by atoms with Crippen LogP contribution in [0.3, 0.4) is 0 Å². The number of aromatic carboxylic acids is 1. The molecule has 0 aromatic carbocycles. The highest BCUT2D eigenvalue weighted by Crippen LogP contribution is 1.92. The fourth-order valence-corrected chi connectivity index (χ4v) is 0.732. The maximum atomic E-state index is 10.3. The predicted molar refractivity (Wildman–Crippen MR) is 82.8 cm³/mol. The molecule has 1 unspecified atom stereocenters. The molecule has 0 saturated heterocycles. The van der Waals surface area contributed by atoms with E-state index in [0.29, 0.717) is 0 Å². The van der Waals surface area contributed by atoms with Crippen molar-refractivity contribution >= 4 is 30.0 Å². The zero-order chi connectivity index (χ0) is 22.0. The summed E-state index contributed by atoms with van der Waals surface area (Å²) in [5.41, 5.74) is -0.579. The van der Waals surface area contributed by atoms with Crippen molar-refractivity contribution in [3.05, 3.63) is 47.0 Å². The van der Waals surface area contributed by atoms with Crippen LogP contribution >= 0.6 is 0 Å². The minimum absolute atomic E-state index is 0. The Hall–Kier alpha value is -4.09. The van der Waals surface area contributed by atoms with Gasteiger partial charge in [0.2, 0.25) is 0 Å². The zero-order valence-electron chi connectivity index (χ0n) is 13.3. The highest BCUT2D eigenvalue weighted by Gasteiger charge is 2.16. The maximum absolute atomic E-state index is 10.3. The number of hydrogen-bond donors (Lipinski definition) is 5. The van der Waals surface area contributed by atoms with Gasteiger partial charge in [-0.2, -0.15) is 9.59 Å². The van der Waals surface area contributed by atoms with Crippen molar-refractivity contribution in [1.29, 1.82) is 0 Å². The largest absolute Gasteiger partial charge is 0.481 e. The smallest absolute Gasteiger partial charge is 0.373 e. The van der Waals surface area contributed by atoms with E-state index in [1.54, 1.807) is 0 Å². The first-order valence-electron chi connectivity index (χ1n) is 6.22. The lowest BCUT2D eigenvalue weighted by Crippen LogP contribution is -2.22. The molecule has 0 aliphatic rings. The molecule has 150 valence electrons. The summed E-state index contributed by atoms with van der Waals surface area (Å²) in [4.78, 5) is 65.3. The van der Waals surface area contributed by atoms with Crippen LogP contribution < -0.4 is 5.63 Å². The third-order valence-corrected chi connectivity index (χ3v) is 1.78. The van der Waals surface area contributed by atoms with E-state index in [2.05, 4.69) is 11.0 Å². The van der Waals surface area contributed by atoms with Crippen LogP contribution in [0.15, 0.2) is 40.3 Å². The summed E-state index contributed by atoms with van der Waals surface area (Å²) in [7, 11) is 0. The summed E-state index contributed by atoms with van der Waals surface area (Å²) in [5.74, 6) is -4.93. The molecule has 0 radical (unpaired) electrons. The Morgan fingerprint density at radius 3 is 1.78 bits per heavy atom. The second-order valence-electron chi connectivity index (χ2n) is 3.73. The minimum Gasteiger partial charge on any atom is -0.481 e. The van der Waals surface area contributed by atoms with Crippen LogP contribution in [0.4, 0.5) is 0 Å². The molecule has 1 atom stereocenters. The van der Waals surface area contributed by atoms with Gasteiger partial charge in [0.1, 0.15) is 6.26 Å². The topological polar surface area (TPSA) is 234 Å². The molecule has 0 bridgehead atoms. The molecule has 0 amide bonds. The van der Waals surface area contributed by atoms with Gasteiger partial charge in [-0.1, -0.05) is 6.58 Å². The van der Waals surface area contributed by atoms with E-state index in [1.165, 1.54) is 6.07 Å². The number of carbonyl (C=O) groups is 4. The van der Waals surface area contributed by atoms with Crippen molar-refractivity contribution in [2.75, 3.05) is 0 Å². The van der Waals surface area contributed by atoms with Gasteiger partial charge in [0.05, 0.1) is 12.0 Å². The number of aliphatic hydroxyl groups excluding tert-OH is 1. The number of carbonyl (C=O) groups excluding carboxylic acids is 2. The van der Waals surface area contributed by atoms with Gasteiger partial charge < -0.3 is 29.9 Å². The molecule has 5 N–H and O–H groups in total. The molecule has 1 heterocycles. The standard InChI is InChI=1S/C6H4O4.C4H6O5.C3H4O2.CO2.H2/c7-5-2-1-4(3-10-5)6(8)9;5-2(4(8)9)1-3(6)7;1-2-3(4)5;2-1-3;/h1-3H,(H,8,9);2,5H,1H2,(H,6,7)(H,8,9);2H,1H2,(H,4,5);;1H/i;;;;1+1. The quantitative estimate of drug-likeness (QED) is 0.384. The van der Waals surface area contributed by atoms with E-state index in [9.17, 15) is 24.0 Å². The second-order valence-corrected chi connectivity index (χ2v) is 3.73. The van der Waals surface area contributed by atoms with Gasteiger partial charge in [0.25, 0.3) is 0 Å². The average Bonchev–Trinajstić information content (AvgIpc) is 2.56. The fraction of sp³-hybridized carbons (Fsp3) is 0.143. The highest BCUT2D eigenvalue weighted by atomic mass is 16.4. The van der Waals surface area contributed by atoms with Gasteiger partial charge in [-0.25, -0.2) is 19.2 Å². The van der Waals surface area contributed by atoms with Crippen LogP contribution in [0.25, 0.3) is 0 Å². The second kappa shape index (κ2) is 16.8. The summed E-state index contributed by atoms with van der Waals surface area (Å²) in [6.45, 7) is 2.96. The monoisotopic (exact) mass is 393 g/mol. The normalized spacial score (nSPS) is 9.07. The molecule has 0 spiro atoms. The van der Waals surface area contributed by atoms with Crippen LogP contribution in [0, 0.1) is 0 Å². The molecule has 0 aliphatic carbocycles. The van der Waals surface area contributed by atoms with E-state index in [0.717, 1.165) is 18.4 Å². The van der Waals surface area contributed by atoms with Crippen LogP contribution in [-0.2, 0) is 24.0 Å². The van der Waals surface area contributed by atoms with E-state index < -0.39 is 42.0 Å². The van der Waals surface area contributed by atoms with Crippen LogP contribution in [0.1, 0.15) is 18.2 Å². The number of hydrogen-bond acceptors (Lipinski definition) is 9. The van der Waals surface area contributed by atoms with Gasteiger partial charge in [-0.15, -0.1) is 0 Å². The molecule has 1 rings (SSSR count). The Bertz CT molecular complexity index is 711. The summed E-state index contributed by atoms with van der Waals surface area (Å²) in [6, 6.07) is 2.25. The van der Waals surface area contributed by atoms with Gasteiger partial charge in [0.15, 0.2) is 6.10 Å². The molecule has 1 aromatic rings. The number of aliphatic carboxylic acids is 3. The lowest BCUT2D eigenvalue weighted by Gasteiger charge is -1.97. The van der Waals surface area contributed by atoms with E-state index in [1.807, 2.05) is 0 Å². The Morgan fingerprint density at radius 2 is 1.59 bits per heavy atom. The van der Waals surface area contributed by atoms with Crippen LogP contribution in [0.5, 0.6) is 0 Å². The Morgan fingerprint density at radius 1 is 1.15 bits per heavy atom. The first-order chi connectivity index (χ1) is 12.4. The average molecular weight is 393 g/mol. The summed E-state index contributed by atoms with van der Waals surface area (Å²) >= 11 is 0. The summed E-state index contributed by atoms with van der Waals surface area (Å²) < 4.78 is 4.28. The van der Waals surface area contributed by atoms with Crippen molar-refractivity contribution in [3.8, 4) is 0 Å². The molecule has 0 saturated carbocycles. The number of carboxylic acids is 4. The Balaban J connectivity index is -0.000000148. The third-order valence-electron chi connectivity index (χ3n) is 1.78. The zero-order valence-corrected chi connectivity index (χ0v) is 13.3. The van der Waals surface area contributed by atoms with Crippen LogP contribution in [0.2, 0.25) is 0 Å². The van der Waals surface area contributed by atoms with Crippen molar-refractivity contribution in [2.24, 2.45) is 0 Å². The molecule has 13 heteroatoms. The molecule has 0 aliphatic heterocycles. The van der Waals surface area contributed by atoms with Gasteiger partial charge in [-0.05, 0) is 6.07 Å². The van der Waals surface area contributed by atoms with E-state index >= 15 is 0 Å². The minimum atomic E-state index is -1.79. The van der Waals surface area contributed by atoms with Gasteiger partial charge in [-0.3, -0.25) is 4.79 Å². The van der Waals surface area contributed by atoms with Gasteiger partial charge >= 0.3 is 35.7 Å². The molecule has 0 fully saturated rings. The highest BCUT2D eigenvalue weighted by molar-refractivity contribution is 5.86. The fourth-order valence-electron chi connectivity index (χ4n) is 0.732. The Kier molecular flexibility index (Phi) is 17.2. The molecule has 13 nitrogen and oxygen atoms in total. The third kappa shape index (κ3) is 21.9. The van der Waals surface area contributed by atoms with E-state index in [-0.39, 0.29) is 13.1 Å². The Labute approximate surface area is 150 Å². The van der Waals surface area contributed by atoms with Crippen molar-refractivity contribution < 1.29 is 60.1 Å². The lowest BCUT2D eigenvalue weighted by molar-refractivity contribution is -0.191.